The van der Waals surface area contributed by atoms with Crippen LogP contribution >= 0.6 is 11.6 Å². The quantitative estimate of drug-likeness (QED) is 0.754. The molecule has 1 N–H and O–H groups in total. The highest BCUT2D eigenvalue weighted by Gasteiger charge is 2.19. The minimum absolute atomic E-state index is 0.0136. The first-order chi connectivity index (χ1) is 7.02. The molecule has 2 atom stereocenters. The molecule has 0 rings (SSSR count). The van der Waals surface area contributed by atoms with E-state index >= 15 is 0 Å². The Bertz CT molecular complexity index is 294. The maximum absolute atomic E-state index is 11.7. The average molecular weight is 270 g/mol. The predicted octanol–water partition coefficient (Wildman–Crippen LogP) is 2.75. The van der Waals surface area contributed by atoms with Crippen LogP contribution in [0.3, 0.4) is 0 Å². The number of alkyl halides is 1. The number of halogens is 1. The average Bonchev–Trinajstić information content (AvgIpc) is 1.96. The summed E-state index contributed by atoms with van der Waals surface area (Å²) >= 11 is 5.82. The Morgan fingerprint density at radius 2 is 1.75 bits per heavy atom. The van der Waals surface area contributed by atoms with E-state index in [0.717, 1.165) is 0 Å². The minimum Gasteiger partial charge on any atom is -0.212 e. The Morgan fingerprint density at radius 1 is 1.25 bits per heavy atom. The van der Waals surface area contributed by atoms with E-state index in [1.165, 1.54) is 0 Å². The van der Waals surface area contributed by atoms with Gasteiger partial charge in [-0.3, -0.25) is 0 Å². The van der Waals surface area contributed by atoms with Crippen LogP contribution in [-0.2, 0) is 10.0 Å². The van der Waals surface area contributed by atoms with E-state index in [1.807, 2.05) is 34.6 Å². The third-order valence-corrected chi connectivity index (χ3v) is 3.86. The fourth-order valence-corrected chi connectivity index (χ4v) is 3.32. The largest absolute Gasteiger partial charge is 0.212 e. The highest BCUT2D eigenvalue weighted by molar-refractivity contribution is 7.89. The maximum atomic E-state index is 11.7. The van der Waals surface area contributed by atoms with Gasteiger partial charge < -0.3 is 0 Å². The van der Waals surface area contributed by atoms with E-state index in [0.29, 0.717) is 12.8 Å². The summed E-state index contributed by atoms with van der Waals surface area (Å²) in [6.07, 6.45) is 1.31. The molecule has 0 saturated heterocycles. The zero-order valence-electron chi connectivity index (χ0n) is 10.9. The molecule has 2 unspecified atom stereocenters. The van der Waals surface area contributed by atoms with Crippen molar-refractivity contribution in [2.24, 2.45) is 5.41 Å². The maximum Gasteiger partial charge on any atom is 0.211 e. The lowest BCUT2D eigenvalue weighted by molar-refractivity contribution is 0.395. The van der Waals surface area contributed by atoms with Gasteiger partial charge in [-0.05, 0) is 32.1 Å². The summed E-state index contributed by atoms with van der Waals surface area (Å²) in [5.74, 6) is 0.178. The van der Waals surface area contributed by atoms with Crippen LogP contribution in [0.5, 0.6) is 0 Å². The highest BCUT2D eigenvalue weighted by atomic mass is 35.5. The molecule has 0 aliphatic carbocycles. The third-order valence-electron chi connectivity index (χ3n) is 2.18. The molecule has 0 amide bonds. The monoisotopic (exact) mass is 269 g/mol. The number of rotatable bonds is 6. The van der Waals surface area contributed by atoms with Gasteiger partial charge in [0.05, 0.1) is 5.75 Å². The zero-order chi connectivity index (χ0) is 13.0. The molecular weight excluding hydrogens is 246 g/mol. The summed E-state index contributed by atoms with van der Waals surface area (Å²) < 4.78 is 26.1. The van der Waals surface area contributed by atoms with Crippen molar-refractivity contribution in [1.29, 1.82) is 0 Å². The molecule has 0 radical (unpaired) electrons. The van der Waals surface area contributed by atoms with Crippen LogP contribution < -0.4 is 4.72 Å². The summed E-state index contributed by atoms with van der Waals surface area (Å²) in [7, 11) is -3.17. The number of sulfonamides is 1. The summed E-state index contributed by atoms with van der Waals surface area (Å²) in [4.78, 5) is 0. The van der Waals surface area contributed by atoms with Gasteiger partial charge in [-0.25, -0.2) is 13.1 Å². The molecule has 5 heteroatoms. The molecule has 0 bridgehead atoms. The summed E-state index contributed by atoms with van der Waals surface area (Å²) in [6.45, 7) is 9.81. The van der Waals surface area contributed by atoms with E-state index in [4.69, 9.17) is 11.6 Å². The van der Waals surface area contributed by atoms with Crippen LogP contribution in [0.4, 0.5) is 0 Å². The first kappa shape index (κ1) is 16.2. The summed E-state index contributed by atoms with van der Waals surface area (Å²) in [6, 6.07) is -0.0996. The Morgan fingerprint density at radius 3 is 2.12 bits per heavy atom. The third kappa shape index (κ3) is 9.43. The van der Waals surface area contributed by atoms with Crippen molar-refractivity contribution in [1.82, 2.24) is 4.72 Å². The fraction of sp³-hybridized carbons (Fsp3) is 1.00. The van der Waals surface area contributed by atoms with E-state index in [-0.39, 0.29) is 22.6 Å². The lowest BCUT2D eigenvalue weighted by atomic mass is 9.94. The lowest BCUT2D eigenvalue weighted by Gasteiger charge is -2.20. The van der Waals surface area contributed by atoms with Crippen LogP contribution in [0.1, 0.15) is 47.5 Å². The van der Waals surface area contributed by atoms with Crippen LogP contribution in [0.2, 0.25) is 0 Å². The molecule has 0 aromatic heterocycles. The molecular formula is C11H24ClNO2S. The van der Waals surface area contributed by atoms with Gasteiger partial charge in [0.1, 0.15) is 0 Å². The molecule has 0 fully saturated rings. The van der Waals surface area contributed by atoms with Gasteiger partial charge in [0.25, 0.3) is 0 Å². The summed E-state index contributed by atoms with van der Waals surface area (Å²) in [5.41, 5.74) is 0.0394. The van der Waals surface area contributed by atoms with Crippen LogP contribution in [0.15, 0.2) is 0 Å². The molecule has 0 aliphatic heterocycles. The van der Waals surface area contributed by atoms with Gasteiger partial charge in [-0.2, -0.15) is 0 Å². The zero-order valence-corrected chi connectivity index (χ0v) is 12.5. The number of hydrogen-bond acceptors (Lipinski definition) is 2. The topological polar surface area (TPSA) is 46.2 Å². The van der Waals surface area contributed by atoms with Gasteiger partial charge in [0.15, 0.2) is 0 Å². The van der Waals surface area contributed by atoms with Gasteiger partial charge >= 0.3 is 0 Å². The van der Waals surface area contributed by atoms with Crippen molar-refractivity contribution in [2.75, 3.05) is 5.75 Å². The molecule has 16 heavy (non-hydrogen) atoms. The van der Waals surface area contributed by atoms with Crippen LogP contribution in [0, 0.1) is 5.41 Å². The molecule has 0 heterocycles. The van der Waals surface area contributed by atoms with Crippen LogP contribution in [0.25, 0.3) is 0 Å². The Hall–Kier alpha value is 0.200. The smallest absolute Gasteiger partial charge is 0.211 e. The van der Waals surface area contributed by atoms with Gasteiger partial charge in [0.2, 0.25) is 10.0 Å². The SMILES string of the molecule is CC(Cl)CC(C)NS(=O)(=O)CCC(C)(C)C. The Kier molecular flexibility index (Phi) is 6.30. The second kappa shape index (κ2) is 6.22. The van der Waals surface area contributed by atoms with E-state index in [2.05, 4.69) is 4.72 Å². The second-order valence-corrected chi connectivity index (χ2v) is 8.28. The number of hydrogen-bond donors (Lipinski definition) is 1. The first-order valence-corrected chi connectivity index (χ1v) is 7.75. The molecule has 0 aliphatic rings. The number of nitrogens with one attached hydrogen (secondary N) is 1. The van der Waals surface area contributed by atoms with E-state index < -0.39 is 10.0 Å². The van der Waals surface area contributed by atoms with Crippen LogP contribution in [-0.4, -0.2) is 25.6 Å². The predicted molar refractivity (Wildman–Crippen MR) is 70.4 cm³/mol. The van der Waals surface area contributed by atoms with Crippen molar-refractivity contribution >= 4 is 21.6 Å². The second-order valence-electron chi connectivity index (χ2n) is 5.66. The van der Waals surface area contributed by atoms with Gasteiger partial charge in [-0.1, -0.05) is 20.8 Å². The van der Waals surface area contributed by atoms with E-state index in [1.54, 1.807) is 0 Å². The van der Waals surface area contributed by atoms with E-state index in [9.17, 15) is 8.42 Å². The Labute approximate surface area is 105 Å². The lowest BCUT2D eigenvalue weighted by Crippen LogP contribution is -2.36. The van der Waals surface area contributed by atoms with Crippen molar-refractivity contribution in [3.8, 4) is 0 Å². The standard InChI is InChI=1S/C11H24ClNO2S/c1-9(12)8-10(2)13-16(14,15)7-6-11(3,4)5/h9-10,13H,6-8H2,1-5H3. The molecule has 98 valence electrons. The Balaban J connectivity index is 4.15. The van der Waals surface area contributed by atoms with Crippen molar-refractivity contribution < 1.29 is 8.42 Å². The molecule has 0 saturated carbocycles. The fourth-order valence-electron chi connectivity index (χ4n) is 1.34. The van der Waals surface area contributed by atoms with Crippen molar-refractivity contribution in [3.63, 3.8) is 0 Å². The first-order valence-electron chi connectivity index (χ1n) is 5.66. The minimum atomic E-state index is -3.17. The normalized spacial score (nSPS) is 17.1. The molecule has 0 aromatic carbocycles. The molecule has 0 spiro atoms. The van der Waals surface area contributed by atoms with Gasteiger partial charge in [-0.15, -0.1) is 11.6 Å². The summed E-state index contributed by atoms with van der Waals surface area (Å²) in [5, 5.41) is -0.0136. The van der Waals surface area contributed by atoms with Crippen molar-refractivity contribution in [2.45, 2.75) is 58.9 Å². The van der Waals surface area contributed by atoms with Crippen molar-refractivity contribution in [3.05, 3.63) is 0 Å². The van der Waals surface area contributed by atoms with Gasteiger partial charge in [0, 0.05) is 11.4 Å². The molecule has 0 aromatic rings. The molecule has 3 nitrogen and oxygen atoms in total. The highest BCUT2D eigenvalue weighted by Crippen LogP contribution is 2.19.